The van der Waals surface area contributed by atoms with Gasteiger partial charge in [0.2, 0.25) is 11.8 Å². The normalized spacial score (nSPS) is 11.9. The molecule has 0 radical (unpaired) electrons. The fraction of sp³-hybridized carbons (Fsp3) is 0.167. The molecule has 10 nitrogen and oxygen atoms in total. The Hall–Kier alpha value is -4.16. The van der Waals surface area contributed by atoms with Gasteiger partial charge in [-0.05, 0) is 61.4 Å². The van der Waals surface area contributed by atoms with Crippen molar-refractivity contribution in [3.8, 4) is 17.0 Å². The van der Waals surface area contributed by atoms with Crippen molar-refractivity contribution in [2.75, 3.05) is 5.32 Å². The van der Waals surface area contributed by atoms with E-state index in [1.807, 2.05) is 13.8 Å². The first-order chi connectivity index (χ1) is 17.1. The van der Waals surface area contributed by atoms with E-state index < -0.39 is 21.7 Å². The molecular formula is C24H21FN6O4S. The molecule has 184 valence electrons. The van der Waals surface area contributed by atoms with Crippen molar-refractivity contribution in [2.45, 2.75) is 25.7 Å². The van der Waals surface area contributed by atoms with Crippen LogP contribution < -0.4 is 10.1 Å². The Morgan fingerprint density at radius 2 is 1.94 bits per heavy atom. The second-order valence-corrected chi connectivity index (χ2v) is 9.83. The molecule has 2 aromatic carbocycles. The number of ether oxygens (including phenoxy) is 1. The molecule has 0 spiro atoms. The quantitative estimate of drug-likeness (QED) is 0.268. The minimum atomic E-state index is -4.31. The lowest BCUT2D eigenvalue weighted by Crippen LogP contribution is -2.09. The van der Waals surface area contributed by atoms with Crippen LogP contribution in [0.2, 0.25) is 0 Å². The van der Waals surface area contributed by atoms with Gasteiger partial charge < -0.3 is 15.0 Å². The SMILES string of the molecule is CC(C)Oc1nc(Nc2ccc3nc(CS(=O)(=O)O)cc(-c4cccc(F)c4)c3c2)nc2[nH]cnc12. The summed E-state index contributed by atoms with van der Waals surface area (Å²) < 4.78 is 52.1. The zero-order chi connectivity index (χ0) is 25.4. The smallest absolute Gasteiger partial charge is 0.270 e. The molecule has 0 atom stereocenters. The van der Waals surface area contributed by atoms with Crippen LogP contribution in [0, 0.1) is 5.82 Å². The minimum Gasteiger partial charge on any atom is -0.473 e. The summed E-state index contributed by atoms with van der Waals surface area (Å²) in [5.41, 5.74) is 3.30. The monoisotopic (exact) mass is 508 g/mol. The Morgan fingerprint density at radius 1 is 1.11 bits per heavy atom. The number of imidazole rings is 1. The highest BCUT2D eigenvalue weighted by atomic mass is 32.2. The Labute approximate surface area is 205 Å². The van der Waals surface area contributed by atoms with Crippen LogP contribution in [0.3, 0.4) is 0 Å². The van der Waals surface area contributed by atoms with Crippen molar-refractivity contribution in [1.82, 2.24) is 24.9 Å². The van der Waals surface area contributed by atoms with Crippen LogP contribution in [-0.4, -0.2) is 44.0 Å². The fourth-order valence-electron chi connectivity index (χ4n) is 3.81. The highest BCUT2D eigenvalue weighted by Crippen LogP contribution is 2.32. The molecule has 3 aromatic heterocycles. The van der Waals surface area contributed by atoms with Crippen molar-refractivity contribution in [1.29, 1.82) is 0 Å². The summed E-state index contributed by atoms with van der Waals surface area (Å²) in [6.45, 7) is 3.77. The maximum Gasteiger partial charge on any atom is 0.270 e. The molecule has 12 heteroatoms. The van der Waals surface area contributed by atoms with E-state index in [0.29, 0.717) is 44.8 Å². The van der Waals surface area contributed by atoms with Gasteiger partial charge in [0, 0.05) is 11.1 Å². The topological polar surface area (TPSA) is 143 Å². The highest BCUT2D eigenvalue weighted by Gasteiger charge is 2.16. The zero-order valence-corrected chi connectivity index (χ0v) is 20.0. The van der Waals surface area contributed by atoms with Crippen LogP contribution in [0.15, 0.2) is 54.9 Å². The molecule has 0 amide bonds. The lowest BCUT2D eigenvalue weighted by atomic mass is 9.99. The van der Waals surface area contributed by atoms with Crippen molar-refractivity contribution < 1.29 is 22.1 Å². The van der Waals surface area contributed by atoms with E-state index in [1.165, 1.54) is 24.5 Å². The van der Waals surface area contributed by atoms with Crippen molar-refractivity contribution in [3.63, 3.8) is 0 Å². The maximum absolute atomic E-state index is 14.0. The van der Waals surface area contributed by atoms with Crippen molar-refractivity contribution >= 4 is 43.8 Å². The molecule has 36 heavy (non-hydrogen) atoms. The van der Waals surface area contributed by atoms with Gasteiger partial charge in [0.1, 0.15) is 11.6 Å². The van der Waals surface area contributed by atoms with Gasteiger partial charge >= 0.3 is 0 Å². The number of aromatic amines is 1. The van der Waals surface area contributed by atoms with Gasteiger partial charge in [0.15, 0.2) is 11.2 Å². The first-order valence-electron chi connectivity index (χ1n) is 10.9. The van der Waals surface area contributed by atoms with E-state index in [2.05, 4.69) is 30.2 Å². The average molecular weight is 509 g/mol. The molecule has 0 aliphatic carbocycles. The van der Waals surface area contributed by atoms with E-state index in [-0.39, 0.29) is 17.7 Å². The van der Waals surface area contributed by atoms with E-state index >= 15 is 0 Å². The number of halogens is 1. The predicted octanol–water partition coefficient (Wildman–Crippen LogP) is 4.63. The highest BCUT2D eigenvalue weighted by molar-refractivity contribution is 7.85. The molecule has 3 N–H and O–H groups in total. The molecular weight excluding hydrogens is 487 g/mol. The summed E-state index contributed by atoms with van der Waals surface area (Å²) in [4.78, 5) is 20.4. The second-order valence-electron chi connectivity index (χ2n) is 8.37. The second kappa shape index (κ2) is 9.13. The number of aromatic nitrogens is 5. The lowest BCUT2D eigenvalue weighted by Gasteiger charge is -2.13. The molecule has 3 heterocycles. The molecule has 0 saturated carbocycles. The average Bonchev–Trinajstić information content (AvgIpc) is 3.26. The summed E-state index contributed by atoms with van der Waals surface area (Å²) in [6, 6.07) is 12.7. The Balaban J connectivity index is 1.61. The number of H-pyrrole nitrogens is 1. The third kappa shape index (κ3) is 5.09. The molecule has 5 aromatic rings. The van der Waals surface area contributed by atoms with Gasteiger partial charge in [-0.2, -0.15) is 18.4 Å². The minimum absolute atomic E-state index is 0.120. The third-order valence-corrected chi connectivity index (χ3v) is 5.84. The summed E-state index contributed by atoms with van der Waals surface area (Å²) in [5, 5.41) is 3.78. The zero-order valence-electron chi connectivity index (χ0n) is 19.2. The number of rotatable bonds is 7. The summed E-state index contributed by atoms with van der Waals surface area (Å²) in [6.07, 6.45) is 1.39. The molecule has 0 saturated heterocycles. The molecule has 0 unspecified atom stereocenters. The van der Waals surface area contributed by atoms with Crippen LogP contribution in [0.25, 0.3) is 33.2 Å². The number of nitrogens with zero attached hydrogens (tertiary/aromatic N) is 4. The van der Waals surface area contributed by atoms with E-state index in [0.717, 1.165) is 0 Å². The summed E-state index contributed by atoms with van der Waals surface area (Å²) in [7, 11) is -4.31. The third-order valence-electron chi connectivity index (χ3n) is 5.18. The molecule has 0 aliphatic heterocycles. The number of hydrogen-bond donors (Lipinski definition) is 3. The summed E-state index contributed by atoms with van der Waals surface area (Å²) >= 11 is 0. The fourth-order valence-corrected chi connectivity index (χ4v) is 4.34. The Kier molecular flexibility index (Phi) is 5.98. The van der Waals surface area contributed by atoms with Crippen LogP contribution in [0.4, 0.5) is 16.0 Å². The summed E-state index contributed by atoms with van der Waals surface area (Å²) in [5.74, 6) is -0.509. The van der Waals surface area contributed by atoms with Crippen molar-refractivity contribution in [2.24, 2.45) is 0 Å². The number of pyridine rings is 1. The van der Waals surface area contributed by atoms with E-state index in [1.54, 1.807) is 30.3 Å². The van der Waals surface area contributed by atoms with Gasteiger partial charge in [-0.15, -0.1) is 0 Å². The van der Waals surface area contributed by atoms with E-state index in [4.69, 9.17) is 4.74 Å². The Morgan fingerprint density at radius 3 is 2.69 bits per heavy atom. The molecule has 5 rings (SSSR count). The van der Waals surface area contributed by atoms with Gasteiger partial charge in [-0.25, -0.2) is 9.37 Å². The van der Waals surface area contributed by atoms with Crippen LogP contribution >= 0.6 is 0 Å². The number of hydrogen-bond acceptors (Lipinski definition) is 8. The predicted molar refractivity (Wildman–Crippen MR) is 133 cm³/mol. The standard InChI is InChI=1S/C24H21FN6O4S/c1-13(2)35-23-21-22(27-12-26-21)30-24(31-23)29-16-6-7-20-19(9-16)18(14-4-3-5-15(25)8-14)10-17(28-20)11-36(32,33)34/h3-10,12-13H,11H2,1-2H3,(H,32,33,34)(H2,26,27,29,30,31). The van der Waals surface area contributed by atoms with Crippen LogP contribution in [-0.2, 0) is 15.9 Å². The maximum atomic E-state index is 14.0. The first-order valence-corrected chi connectivity index (χ1v) is 12.5. The van der Waals surface area contributed by atoms with Crippen molar-refractivity contribution in [3.05, 3.63) is 66.4 Å². The van der Waals surface area contributed by atoms with E-state index in [9.17, 15) is 17.4 Å². The number of nitrogens with one attached hydrogen (secondary N) is 2. The number of benzene rings is 2. The molecule has 0 bridgehead atoms. The molecule has 0 fully saturated rings. The van der Waals surface area contributed by atoms with Crippen LogP contribution in [0.1, 0.15) is 19.5 Å². The Bertz CT molecular complexity index is 1700. The van der Waals surface area contributed by atoms with Gasteiger partial charge in [-0.1, -0.05) is 12.1 Å². The van der Waals surface area contributed by atoms with Gasteiger partial charge in [0.05, 0.1) is 23.6 Å². The number of fused-ring (bicyclic) bond motifs is 2. The largest absolute Gasteiger partial charge is 0.473 e. The van der Waals surface area contributed by atoms with Crippen LogP contribution in [0.5, 0.6) is 5.88 Å². The van der Waals surface area contributed by atoms with Gasteiger partial charge in [-0.3, -0.25) is 9.54 Å². The molecule has 0 aliphatic rings. The first kappa shape index (κ1) is 23.6. The lowest BCUT2D eigenvalue weighted by molar-refractivity contribution is 0.235. The van der Waals surface area contributed by atoms with Gasteiger partial charge in [0.25, 0.3) is 10.1 Å². The number of anilines is 2.